The summed E-state index contributed by atoms with van der Waals surface area (Å²) in [6.07, 6.45) is 12.5. The minimum Gasteiger partial charge on any atom is -0.389 e. The second kappa shape index (κ2) is 9.18. The van der Waals surface area contributed by atoms with E-state index < -0.39 is 5.60 Å². The van der Waals surface area contributed by atoms with Crippen LogP contribution in [0.3, 0.4) is 0 Å². The number of amides is 1. The zero-order chi connectivity index (χ0) is 20.3. The molecule has 1 amide bonds. The number of hydrogen-bond donors (Lipinski definition) is 1. The molecule has 4 rings (SSSR count). The van der Waals surface area contributed by atoms with Crippen molar-refractivity contribution >= 4 is 5.91 Å². The summed E-state index contributed by atoms with van der Waals surface area (Å²) in [6, 6.07) is 9.00. The molecule has 1 aromatic rings. The fourth-order valence-electron chi connectivity index (χ4n) is 6.08. The third-order valence-electron chi connectivity index (χ3n) is 7.50. The normalized spacial score (nSPS) is 25.1. The molecular weight excluding hydrogens is 360 g/mol. The highest BCUT2D eigenvalue weighted by atomic mass is 16.3. The first-order valence-corrected chi connectivity index (χ1v) is 11.8. The number of rotatable bonds is 5. The highest BCUT2D eigenvalue weighted by Crippen LogP contribution is 2.42. The predicted octanol–water partition coefficient (Wildman–Crippen LogP) is 4.32. The Morgan fingerprint density at radius 2 is 1.79 bits per heavy atom. The third kappa shape index (κ3) is 4.86. The summed E-state index contributed by atoms with van der Waals surface area (Å²) in [7, 11) is 2.00. The lowest BCUT2D eigenvalue weighted by Crippen LogP contribution is -2.50. The summed E-state index contributed by atoms with van der Waals surface area (Å²) in [5, 5.41) is 10.9. The molecule has 0 aromatic heterocycles. The van der Waals surface area contributed by atoms with Crippen LogP contribution in [0.1, 0.15) is 81.4 Å². The van der Waals surface area contributed by atoms with Crippen LogP contribution in [0.4, 0.5) is 0 Å². The number of carbonyl (C=O) groups is 1. The Labute approximate surface area is 176 Å². The Morgan fingerprint density at radius 3 is 2.55 bits per heavy atom. The molecule has 2 aliphatic carbocycles. The van der Waals surface area contributed by atoms with Gasteiger partial charge in [-0.05, 0) is 56.2 Å². The fraction of sp³-hybridized carbons (Fsp3) is 0.720. The van der Waals surface area contributed by atoms with E-state index in [1.807, 2.05) is 7.05 Å². The van der Waals surface area contributed by atoms with Gasteiger partial charge in [0, 0.05) is 13.1 Å². The summed E-state index contributed by atoms with van der Waals surface area (Å²) >= 11 is 0. The van der Waals surface area contributed by atoms with Crippen molar-refractivity contribution in [3.8, 4) is 0 Å². The van der Waals surface area contributed by atoms with Gasteiger partial charge in [-0.25, -0.2) is 0 Å². The summed E-state index contributed by atoms with van der Waals surface area (Å²) in [5.41, 5.74) is 2.20. The van der Waals surface area contributed by atoms with Crippen molar-refractivity contribution in [2.24, 2.45) is 5.92 Å². The molecular formula is C25H38N2O2. The smallest absolute Gasteiger partial charge is 0.237 e. The first-order chi connectivity index (χ1) is 14.1. The molecule has 1 aromatic carbocycles. The van der Waals surface area contributed by atoms with Crippen LogP contribution in [-0.4, -0.2) is 53.1 Å². The number of aliphatic hydroxyl groups is 1. The van der Waals surface area contributed by atoms with Crippen molar-refractivity contribution in [1.29, 1.82) is 0 Å². The lowest BCUT2D eigenvalue weighted by molar-refractivity contribution is -0.137. The zero-order valence-electron chi connectivity index (χ0n) is 18.1. The van der Waals surface area contributed by atoms with Gasteiger partial charge in [0.1, 0.15) is 0 Å². The van der Waals surface area contributed by atoms with Crippen molar-refractivity contribution in [2.75, 3.05) is 26.7 Å². The van der Waals surface area contributed by atoms with Crippen LogP contribution in [0, 0.1) is 5.92 Å². The number of likely N-dealkylation sites (N-methyl/N-ethyl adjacent to an activating group) is 1. The molecule has 0 bridgehead atoms. The maximum absolute atomic E-state index is 13.4. The topological polar surface area (TPSA) is 43.8 Å². The van der Waals surface area contributed by atoms with E-state index in [4.69, 9.17) is 0 Å². The molecule has 4 heteroatoms. The Balaban J connectivity index is 1.47. The van der Waals surface area contributed by atoms with E-state index in [1.54, 1.807) is 0 Å². The second-order valence-electron chi connectivity index (χ2n) is 9.84. The Kier molecular flexibility index (Phi) is 6.60. The van der Waals surface area contributed by atoms with Gasteiger partial charge in [-0.15, -0.1) is 0 Å². The molecule has 0 spiro atoms. The highest BCUT2D eigenvalue weighted by Gasteiger charge is 2.37. The van der Waals surface area contributed by atoms with Crippen LogP contribution in [-0.2, 0) is 11.2 Å². The van der Waals surface area contributed by atoms with Gasteiger partial charge in [0.25, 0.3) is 0 Å². The van der Waals surface area contributed by atoms with E-state index in [9.17, 15) is 9.90 Å². The van der Waals surface area contributed by atoms with Gasteiger partial charge in [-0.2, -0.15) is 0 Å². The van der Waals surface area contributed by atoms with Crippen molar-refractivity contribution in [2.45, 2.75) is 82.3 Å². The standard InChI is InChI=1S/C25H38N2O2/c1-26(19-25(29)15-8-3-9-16-25)18-23(28)27-17-14-20-10-6-7-13-22(20)24(27)21-11-4-2-5-12-21/h6-7,10,13,21,24,29H,2-5,8-9,11-12,14-19H2,1H3. The minimum absolute atomic E-state index is 0.233. The molecule has 0 saturated heterocycles. The summed E-state index contributed by atoms with van der Waals surface area (Å²) < 4.78 is 0. The fourth-order valence-corrected chi connectivity index (χ4v) is 6.08. The number of fused-ring (bicyclic) bond motifs is 1. The van der Waals surface area contributed by atoms with E-state index >= 15 is 0 Å². The minimum atomic E-state index is -0.607. The van der Waals surface area contributed by atoms with Crippen LogP contribution in [0.15, 0.2) is 24.3 Å². The van der Waals surface area contributed by atoms with Crippen LogP contribution in [0.5, 0.6) is 0 Å². The molecule has 0 radical (unpaired) electrons. The van der Waals surface area contributed by atoms with Crippen molar-refractivity contribution in [3.05, 3.63) is 35.4 Å². The van der Waals surface area contributed by atoms with Crippen LogP contribution >= 0.6 is 0 Å². The van der Waals surface area contributed by atoms with Crippen LogP contribution < -0.4 is 0 Å². The molecule has 1 unspecified atom stereocenters. The van der Waals surface area contributed by atoms with Gasteiger partial charge in [-0.3, -0.25) is 9.69 Å². The third-order valence-corrected chi connectivity index (χ3v) is 7.50. The van der Waals surface area contributed by atoms with E-state index in [2.05, 4.69) is 34.1 Å². The average molecular weight is 399 g/mol. The van der Waals surface area contributed by atoms with Crippen LogP contribution in [0.2, 0.25) is 0 Å². The molecule has 160 valence electrons. The summed E-state index contributed by atoms with van der Waals surface area (Å²) in [5.74, 6) is 0.818. The van der Waals surface area contributed by atoms with Crippen molar-refractivity contribution in [1.82, 2.24) is 9.80 Å². The van der Waals surface area contributed by atoms with Crippen LogP contribution in [0.25, 0.3) is 0 Å². The van der Waals surface area contributed by atoms with Gasteiger partial charge >= 0.3 is 0 Å². The SMILES string of the molecule is CN(CC(=O)N1CCc2ccccc2C1C1CCCCC1)CC1(O)CCCCC1. The summed E-state index contributed by atoms with van der Waals surface area (Å²) in [6.45, 7) is 1.85. The van der Waals surface area contributed by atoms with Gasteiger partial charge in [0.05, 0.1) is 18.2 Å². The molecule has 1 atom stereocenters. The maximum Gasteiger partial charge on any atom is 0.237 e. The van der Waals surface area contributed by atoms with Gasteiger partial charge in [0.15, 0.2) is 0 Å². The number of carbonyl (C=O) groups excluding carboxylic acids is 1. The first kappa shape index (κ1) is 20.9. The average Bonchev–Trinajstić information content (AvgIpc) is 2.73. The number of benzene rings is 1. The van der Waals surface area contributed by atoms with E-state index in [0.717, 1.165) is 38.6 Å². The molecule has 3 aliphatic rings. The predicted molar refractivity (Wildman–Crippen MR) is 117 cm³/mol. The first-order valence-electron chi connectivity index (χ1n) is 11.8. The molecule has 2 saturated carbocycles. The van der Waals surface area contributed by atoms with E-state index in [1.165, 1.54) is 49.7 Å². The van der Waals surface area contributed by atoms with Gasteiger partial charge < -0.3 is 10.0 Å². The zero-order valence-corrected chi connectivity index (χ0v) is 18.1. The number of nitrogens with zero attached hydrogens (tertiary/aromatic N) is 2. The Morgan fingerprint density at radius 1 is 1.10 bits per heavy atom. The number of hydrogen-bond acceptors (Lipinski definition) is 3. The summed E-state index contributed by atoms with van der Waals surface area (Å²) in [4.78, 5) is 17.7. The molecule has 4 nitrogen and oxygen atoms in total. The second-order valence-corrected chi connectivity index (χ2v) is 9.84. The monoisotopic (exact) mass is 398 g/mol. The maximum atomic E-state index is 13.4. The molecule has 29 heavy (non-hydrogen) atoms. The van der Waals surface area contributed by atoms with Crippen molar-refractivity contribution in [3.63, 3.8) is 0 Å². The Hall–Kier alpha value is -1.39. The lowest BCUT2D eigenvalue weighted by Gasteiger charge is -2.44. The Bertz CT molecular complexity index is 692. The quantitative estimate of drug-likeness (QED) is 0.803. The molecule has 1 heterocycles. The van der Waals surface area contributed by atoms with E-state index in [-0.39, 0.29) is 11.9 Å². The largest absolute Gasteiger partial charge is 0.389 e. The highest BCUT2D eigenvalue weighted by molar-refractivity contribution is 5.79. The molecule has 1 aliphatic heterocycles. The lowest BCUT2D eigenvalue weighted by atomic mass is 9.77. The van der Waals surface area contributed by atoms with Crippen molar-refractivity contribution < 1.29 is 9.90 Å². The molecule has 1 N–H and O–H groups in total. The van der Waals surface area contributed by atoms with Gasteiger partial charge in [0.2, 0.25) is 5.91 Å². The van der Waals surface area contributed by atoms with Gasteiger partial charge in [-0.1, -0.05) is 62.8 Å². The van der Waals surface area contributed by atoms with E-state index in [0.29, 0.717) is 19.0 Å². The molecule has 2 fully saturated rings.